The molecule has 39 heavy (non-hydrogen) atoms. The fraction of sp³-hybridized carbons (Fsp3) is 0.742. The van der Waals surface area contributed by atoms with E-state index in [1.54, 1.807) is 0 Å². The van der Waals surface area contributed by atoms with Crippen molar-refractivity contribution >= 4 is 11.6 Å². The Bertz CT molecular complexity index is 821. The molecule has 2 fully saturated rings. The minimum atomic E-state index is 0. The summed E-state index contributed by atoms with van der Waals surface area (Å²) in [7, 11) is 0. The molecule has 0 spiro atoms. The van der Waals surface area contributed by atoms with Crippen LogP contribution in [-0.2, 0) is 0 Å². The van der Waals surface area contributed by atoms with Crippen molar-refractivity contribution in [2.24, 2.45) is 17.3 Å². The zero-order chi connectivity index (χ0) is 24.8. The molecule has 0 radical (unpaired) electrons. The number of likely N-dealkylation sites (tertiary alicyclic amines) is 2. The third-order valence-electron chi connectivity index (χ3n) is 8.60. The Morgan fingerprint density at radius 2 is 1.77 bits per heavy atom. The average Bonchev–Trinajstić information content (AvgIpc) is 3.35. The van der Waals surface area contributed by atoms with Crippen LogP contribution in [0.4, 0.5) is 0 Å². The van der Waals surface area contributed by atoms with Crippen molar-refractivity contribution in [2.45, 2.75) is 84.7 Å². The molecule has 8 heteroatoms. The van der Waals surface area contributed by atoms with E-state index in [1.807, 2.05) is 0 Å². The number of piperidine rings is 1. The van der Waals surface area contributed by atoms with E-state index in [-0.39, 0.29) is 34.6 Å². The van der Waals surface area contributed by atoms with Gasteiger partial charge in [-0.15, -0.1) is 11.6 Å². The van der Waals surface area contributed by atoms with Gasteiger partial charge in [0.25, 0.3) is 0 Å². The van der Waals surface area contributed by atoms with Crippen molar-refractivity contribution in [3.8, 4) is 0 Å². The van der Waals surface area contributed by atoms with Gasteiger partial charge < -0.3 is 36.9 Å². The Kier molecular flexibility index (Phi) is 17.0. The van der Waals surface area contributed by atoms with Crippen molar-refractivity contribution in [2.75, 3.05) is 45.8 Å². The lowest BCUT2D eigenvalue weighted by molar-refractivity contribution is 0.0635. The van der Waals surface area contributed by atoms with E-state index < -0.39 is 0 Å². The maximum Gasteiger partial charge on any atom is 0.0553 e. The van der Waals surface area contributed by atoms with E-state index >= 15 is 0 Å². The van der Waals surface area contributed by atoms with Crippen LogP contribution in [0.3, 0.4) is 0 Å². The molecule has 2 saturated heterocycles. The quantitative estimate of drug-likeness (QED) is 0.390. The Morgan fingerprint density at radius 3 is 2.33 bits per heavy atom. The molecule has 1 aliphatic carbocycles. The predicted molar refractivity (Wildman–Crippen MR) is 168 cm³/mol. The number of hydrogen-bond donors (Lipinski definition) is 2. The van der Waals surface area contributed by atoms with Gasteiger partial charge in [-0.05, 0) is 80.1 Å². The van der Waals surface area contributed by atoms with E-state index in [4.69, 9.17) is 11.6 Å². The van der Waals surface area contributed by atoms with Crippen molar-refractivity contribution in [1.29, 1.82) is 0 Å². The summed E-state index contributed by atoms with van der Waals surface area (Å²) in [5, 5.41) is 7.69. The second-order valence-corrected chi connectivity index (χ2v) is 12.9. The Labute approximate surface area is 243 Å². The van der Waals surface area contributed by atoms with E-state index in [0.717, 1.165) is 26.1 Å². The molecule has 3 aliphatic heterocycles. The van der Waals surface area contributed by atoms with Crippen molar-refractivity contribution in [3.63, 3.8) is 0 Å². The second kappa shape index (κ2) is 17.6. The van der Waals surface area contributed by atoms with E-state index in [2.05, 4.69) is 84.7 Å². The van der Waals surface area contributed by atoms with Crippen LogP contribution in [0.5, 0.6) is 0 Å². The van der Waals surface area contributed by atoms with E-state index in [0.29, 0.717) is 23.9 Å². The highest BCUT2D eigenvalue weighted by Gasteiger charge is 2.38. The van der Waals surface area contributed by atoms with Gasteiger partial charge in [-0.2, -0.15) is 0 Å². The monoisotopic (exact) mass is 570 g/mol. The molecular formula is C31H59ClN4O3. The normalized spacial score (nSPS) is 27.2. The second-order valence-electron chi connectivity index (χ2n) is 12.3. The van der Waals surface area contributed by atoms with Crippen LogP contribution in [0.1, 0.15) is 67.2 Å². The summed E-state index contributed by atoms with van der Waals surface area (Å²) in [4.78, 5) is 5.30. The maximum absolute atomic E-state index is 6.27. The number of nitrogens with zero attached hydrogens (tertiary/aromatic N) is 2. The largest absolute Gasteiger partial charge is 0.412 e. The molecule has 0 amide bonds. The first kappa shape index (κ1) is 37.8. The number of rotatable bonds is 10. The minimum Gasteiger partial charge on any atom is -0.412 e. The summed E-state index contributed by atoms with van der Waals surface area (Å²) in [6, 6.07) is 0.976. The van der Waals surface area contributed by atoms with Crippen LogP contribution in [-0.4, -0.2) is 89.5 Å². The Morgan fingerprint density at radius 1 is 1.05 bits per heavy atom. The molecule has 0 saturated carbocycles. The van der Waals surface area contributed by atoms with Gasteiger partial charge in [0, 0.05) is 44.5 Å². The summed E-state index contributed by atoms with van der Waals surface area (Å²) < 4.78 is 0. The average molecular weight is 571 g/mol. The summed E-state index contributed by atoms with van der Waals surface area (Å²) in [5.74, 6) is 1.24. The summed E-state index contributed by atoms with van der Waals surface area (Å²) in [5.41, 5.74) is 3.14. The van der Waals surface area contributed by atoms with Crippen LogP contribution in [0.2, 0.25) is 0 Å². The van der Waals surface area contributed by atoms with Gasteiger partial charge in [0.2, 0.25) is 0 Å². The van der Waals surface area contributed by atoms with Gasteiger partial charge in [-0.3, -0.25) is 0 Å². The predicted octanol–water partition coefficient (Wildman–Crippen LogP) is 3.50. The molecular weight excluding hydrogens is 512 g/mol. The van der Waals surface area contributed by atoms with Crippen molar-refractivity contribution in [3.05, 3.63) is 47.7 Å². The SMILES string of the molecule is C.CC(C)[C@H](CN1CC[C@H](C2=CCC(Cl)C=C2)C(C)(C)C1)NCC1=CNC(CCN2CCCC2)C=C1.O.O.O. The third-order valence-corrected chi connectivity index (χ3v) is 8.92. The summed E-state index contributed by atoms with van der Waals surface area (Å²) in [6.07, 6.45) is 20.0. The molecule has 8 N–H and O–H groups in total. The van der Waals surface area contributed by atoms with Crippen LogP contribution in [0.25, 0.3) is 0 Å². The molecule has 0 aromatic carbocycles. The number of dihydropyridines is 1. The number of nitrogens with one attached hydrogen (secondary N) is 2. The topological polar surface area (TPSA) is 125 Å². The molecule has 4 aliphatic rings. The fourth-order valence-corrected chi connectivity index (χ4v) is 6.49. The number of hydrogen-bond acceptors (Lipinski definition) is 4. The van der Waals surface area contributed by atoms with Gasteiger partial charge in [0.1, 0.15) is 0 Å². The van der Waals surface area contributed by atoms with E-state index in [1.165, 1.54) is 63.0 Å². The van der Waals surface area contributed by atoms with Crippen LogP contribution in [0.15, 0.2) is 47.7 Å². The highest BCUT2D eigenvalue weighted by atomic mass is 35.5. The number of halogens is 1. The van der Waals surface area contributed by atoms with Crippen LogP contribution >= 0.6 is 11.6 Å². The van der Waals surface area contributed by atoms with E-state index in [9.17, 15) is 0 Å². The van der Waals surface area contributed by atoms with Gasteiger partial charge in [-0.1, -0.05) is 65.5 Å². The summed E-state index contributed by atoms with van der Waals surface area (Å²) >= 11 is 6.27. The van der Waals surface area contributed by atoms with Gasteiger partial charge >= 0.3 is 0 Å². The molecule has 0 aromatic heterocycles. The summed E-state index contributed by atoms with van der Waals surface area (Å²) in [6.45, 7) is 17.8. The lowest BCUT2D eigenvalue weighted by Crippen LogP contribution is -2.52. The number of alkyl halides is 1. The standard InChI is InChI=1S/C30H49ClN4.CH4.3H2O/c1-23(2)29(33-20-24-7-12-27(32-19-24)13-17-34-15-5-6-16-34)21-35-18-14-28(30(3,4)22-35)25-8-10-26(31)11-9-25;;;;/h7-10,12,19,23,26-29,32-33H,5-6,11,13-18,20-22H2,1-4H3;1H4;3*1H2/t26?,27?,28-,29+;;;;/m1..../s1. The number of allylic oxidation sites excluding steroid dienone is 4. The lowest BCUT2D eigenvalue weighted by Gasteiger charge is -2.46. The first-order chi connectivity index (χ1) is 16.8. The first-order valence-corrected chi connectivity index (χ1v) is 14.6. The smallest absolute Gasteiger partial charge is 0.0553 e. The third kappa shape index (κ3) is 11.0. The Hall–Kier alpha value is -1.19. The highest BCUT2D eigenvalue weighted by molar-refractivity contribution is 6.22. The molecule has 7 nitrogen and oxygen atoms in total. The molecule has 0 bridgehead atoms. The van der Waals surface area contributed by atoms with Crippen LogP contribution in [0, 0.1) is 17.3 Å². The fourth-order valence-electron chi connectivity index (χ4n) is 6.32. The maximum atomic E-state index is 6.27. The van der Waals surface area contributed by atoms with Gasteiger partial charge in [-0.25, -0.2) is 0 Å². The molecule has 4 rings (SSSR count). The van der Waals surface area contributed by atoms with Crippen molar-refractivity contribution in [1.82, 2.24) is 20.4 Å². The molecule has 0 aromatic rings. The lowest BCUT2D eigenvalue weighted by atomic mass is 9.69. The highest BCUT2D eigenvalue weighted by Crippen LogP contribution is 2.41. The first-order valence-electron chi connectivity index (χ1n) is 14.1. The molecule has 2 unspecified atom stereocenters. The molecule has 4 atom stereocenters. The molecule has 228 valence electrons. The zero-order valence-electron chi connectivity index (χ0n) is 24.1. The molecule has 3 heterocycles. The zero-order valence-corrected chi connectivity index (χ0v) is 24.9. The minimum absolute atomic E-state index is 0. The Balaban J connectivity index is 0.00000361. The van der Waals surface area contributed by atoms with Gasteiger partial charge in [0.05, 0.1) is 5.38 Å². The van der Waals surface area contributed by atoms with Crippen LogP contribution < -0.4 is 10.6 Å². The van der Waals surface area contributed by atoms with Gasteiger partial charge in [0.15, 0.2) is 0 Å². The van der Waals surface area contributed by atoms with Crippen molar-refractivity contribution < 1.29 is 16.4 Å².